The zero-order chi connectivity index (χ0) is 15.3. The first kappa shape index (κ1) is 18.0. The number of likely N-dealkylation sites (tertiary alicyclic amines) is 1. The minimum Gasteiger partial charge on any atom is -0.314 e. The van der Waals surface area contributed by atoms with Crippen LogP contribution >= 0.6 is 0 Å². The number of piperidine rings is 1. The Balaban J connectivity index is 2.57. The van der Waals surface area contributed by atoms with Gasteiger partial charge in [0.25, 0.3) is 0 Å². The molecule has 0 radical (unpaired) electrons. The molecule has 0 aromatic rings. The fraction of sp³-hybridized carbons (Fsp3) is 1.00. The van der Waals surface area contributed by atoms with Crippen LogP contribution < -0.4 is 5.32 Å². The molecule has 2 nitrogen and oxygen atoms in total. The van der Waals surface area contributed by atoms with Crippen molar-refractivity contribution in [2.24, 2.45) is 23.7 Å². The van der Waals surface area contributed by atoms with Gasteiger partial charge in [-0.3, -0.25) is 4.90 Å². The van der Waals surface area contributed by atoms with Crippen molar-refractivity contribution in [2.45, 2.75) is 73.4 Å². The topological polar surface area (TPSA) is 15.3 Å². The number of hydrogen-bond acceptors (Lipinski definition) is 2. The molecule has 0 aliphatic carbocycles. The van der Waals surface area contributed by atoms with Crippen LogP contribution in [0.1, 0.15) is 61.3 Å². The highest BCUT2D eigenvalue weighted by Gasteiger charge is 2.33. The minimum atomic E-state index is 0.707. The predicted octanol–water partition coefficient (Wildman–Crippen LogP) is 4.01. The van der Waals surface area contributed by atoms with Gasteiger partial charge < -0.3 is 5.32 Å². The summed E-state index contributed by atoms with van der Waals surface area (Å²) in [6.07, 6.45) is 2.55. The highest BCUT2D eigenvalue weighted by atomic mass is 15.2. The van der Waals surface area contributed by atoms with Crippen LogP contribution in [-0.2, 0) is 0 Å². The van der Waals surface area contributed by atoms with E-state index < -0.39 is 0 Å². The van der Waals surface area contributed by atoms with Crippen molar-refractivity contribution in [3.8, 4) is 0 Å². The fourth-order valence-electron chi connectivity index (χ4n) is 3.78. The van der Waals surface area contributed by atoms with Crippen LogP contribution in [0.5, 0.6) is 0 Å². The summed E-state index contributed by atoms with van der Waals surface area (Å²) in [5.41, 5.74) is 0. The van der Waals surface area contributed by atoms with Crippen LogP contribution in [0.25, 0.3) is 0 Å². The molecule has 0 aromatic heterocycles. The SMILES string of the molecule is CCCNC1CCN(CC(C(C)C)C(C)C)C(C)C1C. The monoisotopic (exact) mass is 282 g/mol. The maximum Gasteiger partial charge on any atom is 0.0120 e. The van der Waals surface area contributed by atoms with Crippen molar-refractivity contribution in [3.63, 3.8) is 0 Å². The first-order chi connectivity index (χ1) is 9.38. The summed E-state index contributed by atoms with van der Waals surface area (Å²) in [4.78, 5) is 2.75. The molecule has 3 unspecified atom stereocenters. The van der Waals surface area contributed by atoms with Crippen LogP contribution in [0.2, 0.25) is 0 Å². The number of hydrogen-bond donors (Lipinski definition) is 1. The second-order valence-corrected chi connectivity index (χ2v) is 7.60. The number of nitrogens with zero attached hydrogens (tertiary/aromatic N) is 1. The third-order valence-electron chi connectivity index (χ3n) is 5.51. The highest BCUT2D eigenvalue weighted by Crippen LogP contribution is 2.28. The van der Waals surface area contributed by atoms with E-state index in [0.29, 0.717) is 6.04 Å². The Morgan fingerprint density at radius 1 is 1.10 bits per heavy atom. The quantitative estimate of drug-likeness (QED) is 0.759. The molecule has 1 rings (SSSR count). The summed E-state index contributed by atoms with van der Waals surface area (Å²) >= 11 is 0. The average Bonchev–Trinajstić information content (AvgIpc) is 2.38. The van der Waals surface area contributed by atoms with Gasteiger partial charge in [-0.2, -0.15) is 0 Å². The summed E-state index contributed by atoms with van der Waals surface area (Å²) in [6, 6.07) is 1.43. The molecule has 1 aliphatic rings. The van der Waals surface area contributed by atoms with Gasteiger partial charge in [-0.05, 0) is 56.5 Å². The molecule has 20 heavy (non-hydrogen) atoms. The molecule has 1 fully saturated rings. The van der Waals surface area contributed by atoms with E-state index in [0.717, 1.165) is 29.7 Å². The van der Waals surface area contributed by atoms with Gasteiger partial charge in [-0.1, -0.05) is 41.5 Å². The second-order valence-electron chi connectivity index (χ2n) is 7.60. The smallest absolute Gasteiger partial charge is 0.0120 e. The molecule has 3 atom stereocenters. The summed E-state index contributed by atoms with van der Waals surface area (Å²) in [7, 11) is 0. The molecular weight excluding hydrogens is 244 g/mol. The molecule has 0 amide bonds. The zero-order valence-electron chi connectivity index (χ0n) is 14.9. The van der Waals surface area contributed by atoms with Crippen LogP contribution in [0.3, 0.4) is 0 Å². The average molecular weight is 283 g/mol. The first-order valence-electron chi connectivity index (χ1n) is 8.85. The maximum absolute atomic E-state index is 3.74. The zero-order valence-corrected chi connectivity index (χ0v) is 14.9. The van der Waals surface area contributed by atoms with Crippen molar-refractivity contribution in [1.82, 2.24) is 10.2 Å². The van der Waals surface area contributed by atoms with Crippen LogP contribution in [-0.4, -0.2) is 36.6 Å². The van der Waals surface area contributed by atoms with Gasteiger partial charge in [-0.15, -0.1) is 0 Å². The van der Waals surface area contributed by atoms with Gasteiger partial charge in [0.15, 0.2) is 0 Å². The summed E-state index contributed by atoms with van der Waals surface area (Å²) in [5, 5.41) is 3.74. The van der Waals surface area contributed by atoms with Crippen molar-refractivity contribution in [1.29, 1.82) is 0 Å². The maximum atomic E-state index is 3.74. The molecule has 1 aliphatic heterocycles. The Morgan fingerprint density at radius 2 is 1.70 bits per heavy atom. The Hall–Kier alpha value is -0.0800. The molecule has 2 heteroatoms. The molecule has 1 heterocycles. The second kappa shape index (κ2) is 8.38. The Labute approximate surface area is 127 Å². The Kier molecular flexibility index (Phi) is 7.53. The summed E-state index contributed by atoms with van der Waals surface area (Å²) < 4.78 is 0. The molecule has 120 valence electrons. The van der Waals surface area contributed by atoms with Crippen molar-refractivity contribution >= 4 is 0 Å². The van der Waals surface area contributed by atoms with Gasteiger partial charge >= 0.3 is 0 Å². The minimum absolute atomic E-state index is 0.707. The fourth-order valence-corrected chi connectivity index (χ4v) is 3.78. The lowest BCUT2D eigenvalue weighted by atomic mass is 9.82. The predicted molar refractivity (Wildman–Crippen MR) is 90.1 cm³/mol. The lowest BCUT2D eigenvalue weighted by Gasteiger charge is -2.45. The van der Waals surface area contributed by atoms with E-state index in [1.165, 1.54) is 32.5 Å². The van der Waals surface area contributed by atoms with Gasteiger partial charge in [0.1, 0.15) is 0 Å². The van der Waals surface area contributed by atoms with E-state index in [9.17, 15) is 0 Å². The Bertz CT molecular complexity index is 254. The molecule has 0 spiro atoms. The van der Waals surface area contributed by atoms with Crippen molar-refractivity contribution in [2.75, 3.05) is 19.6 Å². The Morgan fingerprint density at radius 3 is 2.20 bits per heavy atom. The first-order valence-corrected chi connectivity index (χ1v) is 8.85. The molecule has 0 aromatic carbocycles. The molecule has 1 saturated heterocycles. The summed E-state index contributed by atoms with van der Waals surface area (Å²) in [6.45, 7) is 20.4. The number of rotatable bonds is 7. The molecule has 1 N–H and O–H groups in total. The van der Waals surface area contributed by atoms with Crippen molar-refractivity contribution in [3.05, 3.63) is 0 Å². The number of nitrogens with one attached hydrogen (secondary N) is 1. The lowest BCUT2D eigenvalue weighted by molar-refractivity contribution is 0.0529. The third kappa shape index (κ3) is 4.73. The van der Waals surface area contributed by atoms with Crippen LogP contribution in [0.15, 0.2) is 0 Å². The van der Waals surface area contributed by atoms with E-state index in [4.69, 9.17) is 0 Å². The van der Waals surface area contributed by atoms with Gasteiger partial charge in [-0.25, -0.2) is 0 Å². The standard InChI is InChI=1S/C18H38N2/c1-8-10-19-18-9-11-20(16(7)15(18)6)12-17(13(2)3)14(4)5/h13-19H,8-12H2,1-7H3. The normalized spacial score (nSPS) is 28.8. The van der Waals surface area contributed by atoms with Crippen molar-refractivity contribution < 1.29 is 0 Å². The molecular formula is C18H38N2. The van der Waals surface area contributed by atoms with Gasteiger partial charge in [0.05, 0.1) is 0 Å². The molecule has 0 saturated carbocycles. The summed E-state index contributed by atoms with van der Waals surface area (Å²) in [5.74, 6) is 3.15. The van der Waals surface area contributed by atoms with E-state index >= 15 is 0 Å². The van der Waals surface area contributed by atoms with Crippen LogP contribution in [0.4, 0.5) is 0 Å². The van der Waals surface area contributed by atoms with Gasteiger partial charge in [0, 0.05) is 18.6 Å². The van der Waals surface area contributed by atoms with E-state index in [1.54, 1.807) is 0 Å². The molecule has 0 bridgehead atoms. The van der Waals surface area contributed by atoms with E-state index in [-0.39, 0.29) is 0 Å². The van der Waals surface area contributed by atoms with Gasteiger partial charge in [0.2, 0.25) is 0 Å². The largest absolute Gasteiger partial charge is 0.314 e. The van der Waals surface area contributed by atoms with E-state index in [1.807, 2.05) is 0 Å². The highest BCUT2D eigenvalue weighted by molar-refractivity contribution is 4.89. The van der Waals surface area contributed by atoms with Crippen LogP contribution in [0, 0.1) is 23.7 Å². The lowest BCUT2D eigenvalue weighted by Crippen LogP contribution is -2.55. The van der Waals surface area contributed by atoms with E-state index in [2.05, 4.69) is 58.7 Å². The third-order valence-corrected chi connectivity index (χ3v) is 5.51.